The highest BCUT2D eigenvalue weighted by Gasteiger charge is 2.41. The zero-order valence-electron chi connectivity index (χ0n) is 10.5. The van der Waals surface area contributed by atoms with Gasteiger partial charge in [0, 0.05) is 13.1 Å². The molecule has 2 unspecified atom stereocenters. The maximum absolute atomic E-state index is 11.8. The number of pyridine rings is 1. The number of fused-ring (bicyclic) bond motifs is 1. The van der Waals surface area contributed by atoms with Crippen LogP contribution < -0.4 is 16.0 Å². The number of carbonyl (C=O) groups excluding carboxylic acids is 1. The number of nitrogens with zero attached hydrogens (tertiary/aromatic N) is 2. The Morgan fingerprint density at radius 2 is 2.37 bits per heavy atom. The number of hydrogen-bond acceptors (Lipinski definition) is 4. The van der Waals surface area contributed by atoms with Gasteiger partial charge in [0.2, 0.25) is 5.91 Å². The third-order valence-electron chi connectivity index (χ3n) is 3.88. The number of hydrogen-bond donors (Lipinski definition) is 2. The molecule has 0 spiro atoms. The van der Waals surface area contributed by atoms with E-state index in [1.54, 1.807) is 0 Å². The molecular formula is C13H16N4OS. The fourth-order valence-electron chi connectivity index (χ4n) is 2.96. The first-order valence-corrected chi connectivity index (χ1v) is 6.89. The minimum atomic E-state index is 0.0871. The molecule has 3 N–H and O–H groups in total. The van der Waals surface area contributed by atoms with Crippen LogP contribution >= 0.6 is 12.2 Å². The van der Waals surface area contributed by atoms with Crippen LogP contribution in [0.4, 0.5) is 5.82 Å². The second kappa shape index (κ2) is 4.77. The van der Waals surface area contributed by atoms with Gasteiger partial charge in [-0.1, -0.05) is 18.3 Å². The van der Waals surface area contributed by atoms with Crippen molar-refractivity contribution in [1.82, 2.24) is 10.3 Å². The van der Waals surface area contributed by atoms with Crippen LogP contribution in [0.2, 0.25) is 0 Å². The lowest BCUT2D eigenvalue weighted by molar-refractivity contribution is -0.122. The van der Waals surface area contributed by atoms with Gasteiger partial charge in [-0.2, -0.15) is 0 Å². The molecule has 3 heterocycles. The molecule has 0 radical (unpaired) electrons. The van der Waals surface area contributed by atoms with Crippen molar-refractivity contribution in [2.24, 2.45) is 11.7 Å². The number of anilines is 1. The second-order valence-corrected chi connectivity index (χ2v) is 5.44. The Morgan fingerprint density at radius 1 is 1.53 bits per heavy atom. The van der Waals surface area contributed by atoms with Gasteiger partial charge in [0.05, 0.1) is 17.7 Å². The van der Waals surface area contributed by atoms with Crippen molar-refractivity contribution in [3.8, 4) is 0 Å². The normalized spacial score (nSPS) is 25.9. The first kappa shape index (κ1) is 12.3. The predicted octanol–water partition coefficient (Wildman–Crippen LogP) is 0.431. The van der Waals surface area contributed by atoms with Crippen LogP contribution in [0.1, 0.15) is 18.5 Å². The number of nitrogens with one attached hydrogen (secondary N) is 1. The van der Waals surface area contributed by atoms with E-state index in [4.69, 9.17) is 18.0 Å². The van der Waals surface area contributed by atoms with E-state index < -0.39 is 0 Å². The summed E-state index contributed by atoms with van der Waals surface area (Å²) in [5.74, 6) is 1.11. The fourth-order valence-corrected chi connectivity index (χ4v) is 3.07. The zero-order chi connectivity index (χ0) is 13.4. The standard InChI is InChI=1S/C13H16N4OS/c14-12(19)9-4-1-5-11(16-9)17-6-2-3-8-10(17)7-15-13(8)18/h1,4-5,8,10H,2-3,6-7H2,(H2,14,19)(H,15,18). The number of aromatic nitrogens is 1. The monoisotopic (exact) mass is 276 g/mol. The Morgan fingerprint density at radius 3 is 3.16 bits per heavy atom. The summed E-state index contributed by atoms with van der Waals surface area (Å²) in [6, 6.07) is 5.87. The molecule has 2 atom stereocenters. The summed E-state index contributed by atoms with van der Waals surface area (Å²) in [4.78, 5) is 18.8. The van der Waals surface area contributed by atoms with Crippen molar-refractivity contribution in [2.45, 2.75) is 18.9 Å². The van der Waals surface area contributed by atoms with Crippen molar-refractivity contribution in [3.05, 3.63) is 23.9 Å². The largest absolute Gasteiger partial charge is 0.388 e. The third-order valence-corrected chi connectivity index (χ3v) is 4.09. The van der Waals surface area contributed by atoms with E-state index in [1.807, 2.05) is 18.2 Å². The highest BCUT2D eigenvalue weighted by atomic mass is 32.1. The van der Waals surface area contributed by atoms with Crippen molar-refractivity contribution in [2.75, 3.05) is 18.0 Å². The maximum Gasteiger partial charge on any atom is 0.225 e. The van der Waals surface area contributed by atoms with E-state index in [0.717, 1.165) is 25.2 Å². The third kappa shape index (κ3) is 2.16. The van der Waals surface area contributed by atoms with E-state index in [-0.39, 0.29) is 17.9 Å². The van der Waals surface area contributed by atoms with Gasteiger partial charge in [0.1, 0.15) is 10.8 Å². The molecule has 3 rings (SSSR count). The Hall–Kier alpha value is -1.69. The lowest BCUT2D eigenvalue weighted by Gasteiger charge is -2.36. The first-order chi connectivity index (χ1) is 9.16. The summed E-state index contributed by atoms with van der Waals surface area (Å²) in [6.45, 7) is 1.62. The molecule has 0 aromatic carbocycles. The van der Waals surface area contributed by atoms with E-state index >= 15 is 0 Å². The van der Waals surface area contributed by atoms with Gasteiger partial charge < -0.3 is 16.0 Å². The Bertz CT molecular complexity index is 533. The number of thiocarbonyl (C=S) groups is 1. The molecule has 2 aliphatic heterocycles. The van der Waals surface area contributed by atoms with E-state index in [9.17, 15) is 4.79 Å². The van der Waals surface area contributed by atoms with Crippen LogP contribution in [0.3, 0.4) is 0 Å². The molecule has 1 aromatic heterocycles. The molecular weight excluding hydrogens is 260 g/mol. The summed E-state index contributed by atoms with van der Waals surface area (Å²) >= 11 is 4.97. The van der Waals surface area contributed by atoms with Crippen LogP contribution in [-0.2, 0) is 4.79 Å². The van der Waals surface area contributed by atoms with Gasteiger partial charge in [0.25, 0.3) is 0 Å². The molecule has 1 aromatic rings. The Kier molecular flexibility index (Phi) is 3.10. The van der Waals surface area contributed by atoms with Crippen LogP contribution in [0.5, 0.6) is 0 Å². The number of piperidine rings is 1. The Labute approximate surface area is 117 Å². The van der Waals surface area contributed by atoms with E-state index in [0.29, 0.717) is 17.2 Å². The quantitative estimate of drug-likeness (QED) is 0.767. The van der Waals surface area contributed by atoms with Crippen molar-refractivity contribution < 1.29 is 4.79 Å². The number of amides is 1. The SMILES string of the molecule is NC(=S)c1cccc(N2CCCC3C(=O)NCC32)n1. The molecule has 2 fully saturated rings. The highest BCUT2D eigenvalue weighted by molar-refractivity contribution is 7.80. The van der Waals surface area contributed by atoms with Crippen LogP contribution in [-0.4, -0.2) is 35.0 Å². The first-order valence-electron chi connectivity index (χ1n) is 6.48. The summed E-state index contributed by atoms with van der Waals surface area (Å²) in [6.07, 6.45) is 1.97. The van der Waals surface area contributed by atoms with Crippen LogP contribution in [0.15, 0.2) is 18.2 Å². The van der Waals surface area contributed by atoms with E-state index in [1.165, 1.54) is 0 Å². The molecule has 0 saturated carbocycles. The lowest BCUT2D eigenvalue weighted by Crippen LogP contribution is -2.46. The van der Waals surface area contributed by atoms with Crippen molar-refractivity contribution in [3.63, 3.8) is 0 Å². The van der Waals surface area contributed by atoms with Crippen molar-refractivity contribution >= 4 is 28.9 Å². The summed E-state index contributed by atoms with van der Waals surface area (Å²) in [5.41, 5.74) is 6.26. The topological polar surface area (TPSA) is 71.2 Å². The minimum absolute atomic E-state index is 0.0871. The summed E-state index contributed by atoms with van der Waals surface area (Å²) in [7, 11) is 0. The zero-order valence-corrected chi connectivity index (χ0v) is 11.3. The van der Waals surface area contributed by atoms with Gasteiger partial charge in [-0.05, 0) is 25.0 Å². The molecule has 2 saturated heterocycles. The van der Waals surface area contributed by atoms with Gasteiger partial charge in [-0.15, -0.1) is 0 Å². The average Bonchev–Trinajstić information content (AvgIpc) is 2.81. The predicted molar refractivity (Wildman–Crippen MR) is 77.0 cm³/mol. The molecule has 100 valence electrons. The number of rotatable bonds is 2. The van der Waals surface area contributed by atoms with E-state index in [2.05, 4.69) is 15.2 Å². The molecule has 6 heteroatoms. The summed E-state index contributed by atoms with van der Waals surface area (Å²) in [5, 5.41) is 2.94. The van der Waals surface area contributed by atoms with Gasteiger partial charge in [-0.25, -0.2) is 4.98 Å². The molecule has 5 nitrogen and oxygen atoms in total. The van der Waals surface area contributed by atoms with Crippen molar-refractivity contribution in [1.29, 1.82) is 0 Å². The van der Waals surface area contributed by atoms with Gasteiger partial charge in [-0.3, -0.25) is 4.79 Å². The number of nitrogens with two attached hydrogens (primary N) is 1. The second-order valence-electron chi connectivity index (χ2n) is 5.00. The number of carbonyl (C=O) groups is 1. The minimum Gasteiger partial charge on any atom is -0.388 e. The smallest absolute Gasteiger partial charge is 0.225 e. The maximum atomic E-state index is 11.8. The summed E-state index contributed by atoms with van der Waals surface area (Å²) < 4.78 is 0. The van der Waals surface area contributed by atoms with Crippen LogP contribution in [0.25, 0.3) is 0 Å². The van der Waals surface area contributed by atoms with Gasteiger partial charge >= 0.3 is 0 Å². The highest BCUT2D eigenvalue weighted by Crippen LogP contribution is 2.30. The molecule has 19 heavy (non-hydrogen) atoms. The van der Waals surface area contributed by atoms with Crippen LogP contribution in [0, 0.1) is 5.92 Å². The van der Waals surface area contributed by atoms with Gasteiger partial charge in [0.15, 0.2) is 0 Å². The molecule has 2 aliphatic rings. The Balaban J connectivity index is 1.91. The fraction of sp³-hybridized carbons (Fsp3) is 0.462. The lowest BCUT2D eigenvalue weighted by atomic mass is 9.91. The molecule has 0 aliphatic carbocycles. The average molecular weight is 276 g/mol. The molecule has 1 amide bonds. The molecule has 0 bridgehead atoms.